The number of halogens is 1. The van der Waals surface area contributed by atoms with Gasteiger partial charge >= 0.3 is 5.97 Å². The van der Waals surface area contributed by atoms with Crippen LogP contribution in [0.15, 0.2) is 65.6 Å². The first-order valence-corrected chi connectivity index (χ1v) is 13.4. The molecule has 0 spiro atoms. The number of sulfonamides is 1. The molecule has 1 N–H and O–H groups in total. The Labute approximate surface area is 206 Å². The Kier molecular flexibility index (Phi) is 7.73. The Morgan fingerprint density at radius 2 is 1.89 bits per heavy atom. The molecule has 2 aromatic rings. The standard InChI is InChI=1S/C27H32FNO5S/c1-19-9-15-22(16-10-19)35(31,32)29-26-23(7-5-3-4-6-8-25(30)33-2)27(17-24(26)34-18-27)20-11-13-21(28)14-12-20/h3,5,9-16,23-24,26,29H,4,6-8,17-18H2,1-2H3/t23-,24+,26-,27-/m1/s1. The van der Waals surface area contributed by atoms with Crippen LogP contribution >= 0.6 is 0 Å². The third kappa shape index (κ3) is 5.50. The minimum absolute atomic E-state index is 0.0659. The van der Waals surface area contributed by atoms with Crippen LogP contribution in [0, 0.1) is 18.7 Å². The smallest absolute Gasteiger partial charge is 0.305 e. The molecule has 1 saturated carbocycles. The number of hydrogen-bond donors (Lipinski definition) is 1. The maximum Gasteiger partial charge on any atom is 0.305 e. The molecule has 1 aliphatic carbocycles. The molecule has 1 saturated heterocycles. The van der Waals surface area contributed by atoms with E-state index in [9.17, 15) is 17.6 Å². The first kappa shape index (κ1) is 25.5. The summed E-state index contributed by atoms with van der Waals surface area (Å²) in [4.78, 5) is 11.5. The number of rotatable bonds is 10. The maximum absolute atomic E-state index is 13.7. The van der Waals surface area contributed by atoms with E-state index in [2.05, 4.69) is 15.5 Å². The van der Waals surface area contributed by atoms with Gasteiger partial charge in [0.05, 0.1) is 30.8 Å². The van der Waals surface area contributed by atoms with Crippen molar-refractivity contribution in [2.45, 2.75) is 61.5 Å². The summed E-state index contributed by atoms with van der Waals surface area (Å²) < 4.78 is 53.8. The van der Waals surface area contributed by atoms with Gasteiger partial charge in [-0.3, -0.25) is 4.79 Å². The molecule has 2 bridgehead atoms. The second-order valence-corrected chi connectivity index (χ2v) is 11.2. The molecule has 1 heterocycles. The average molecular weight is 502 g/mol. The molecule has 0 unspecified atom stereocenters. The fourth-order valence-electron chi connectivity index (χ4n) is 5.34. The molecule has 6 nitrogen and oxygen atoms in total. The highest BCUT2D eigenvalue weighted by Crippen LogP contribution is 2.54. The number of fused-ring (bicyclic) bond motifs is 2. The van der Waals surface area contributed by atoms with E-state index in [0.29, 0.717) is 32.3 Å². The van der Waals surface area contributed by atoms with Crippen molar-refractivity contribution in [1.82, 2.24) is 4.72 Å². The Bertz CT molecular complexity index is 1160. The summed E-state index contributed by atoms with van der Waals surface area (Å²) in [5.74, 6) is -0.606. The molecule has 35 heavy (non-hydrogen) atoms. The van der Waals surface area contributed by atoms with E-state index in [4.69, 9.17) is 4.74 Å². The molecule has 2 aliphatic rings. The lowest BCUT2D eigenvalue weighted by molar-refractivity contribution is -0.140. The highest BCUT2D eigenvalue weighted by molar-refractivity contribution is 7.89. The van der Waals surface area contributed by atoms with Crippen molar-refractivity contribution in [2.24, 2.45) is 5.92 Å². The number of carbonyl (C=O) groups is 1. The van der Waals surface area contributed by atoms with Crippen LogP contribution in [0.2, 0.25) is 0 Å². The molecule has 0 amide bonds. The lowest BCUT2D eigenvalue weighted by Gasteiger charge is -2.39. The summed E-state index contributed by atoms with van der Waals surface area (Å²) in [6, 6.07) is 12.8. The van der Waals surface area contributed by atoms with Gasteiger partial charge in [0.25, 0.3) is 0 Å². The number of unbranched alkanes of at least 4 members (excludes halogenated alkanes) is 1. The van der Waals surface area contributed by atoms with E-state index in [-0.39, 0.29) is 28.7 Å². The maximum atomic E-state index is 13.7. The zero-order valence-corrected chi connectivity index (χ0v) is 20.9. The highest BCUT2D eigenvalue weighted by atomic mass is 32.2. The van der Waals surface area contributed by atoms with Crippen molar-refractivity contribution in [3.63, 3.8) is 0 Å². The summed E-state index contributed by atoms with van der Waals surface area (Å²) in [5.41, 5.74) is 1.54. The number of methoxy groups -OCH3 is 1. The van der Waals surface area contributed by atoms with E-state index in [1.165, 1.54) is 19.2 Å². The lowest BCUT2D eigenvalue weighted by Crippen LogP contribution is -2.51. The normalized spacial score (nSPS) is 25.9. The Morgan fingerprint density at radius 3 is 2.57 bits per heavy atom. The van der Waals surface area contributed by atoms with Crippen LogP contribution in [0.3, 0.4) is 0 Å². The lowest BCUT2D eigenvalue weighted by atomic mass is 9.71. The summed E-state index contributed by atoms with van der Waals surface area (Å²) in [5, 5.41) is 0. The number of hydrogen-bond acceptors (Lipinski definition) is 5. The monoisotopic (exact) mass is 501 g/mol. The van der Waals surface area contributed by atoms with Crippen LogP contribution in [-0.2, 0) is 29.7 Å². The van der Waals surface area contributed by atoms with Crippen molar-refractivity contribution in [1.29, 1.82) is 0 Å². The average Bonchev–Trinajstić information content (AvgIpc) is 3.40. The van der Waals surface area contributed by atoms with Crippen LogP contribution in [0.4, 0.5) is 4.39 Å². The summed E-state index contributed by atoms with van der Waals surface area (Å²) >= 11 is 0. The van der Waals surface area contributed by atoms with Gasteiger partial charge in [0.1, 0.15) is 5.82 Å². The third-order valence-electron chi connectivity index (χ3n) is 7.24. The molecule has 1 aliphatic heterocycles. The second-order valence-electron chi connectivity index (χ2n) is 9.46. The largest absolute Gasteiger partial charge is 0.469 e. The van der Waals surface area contributed by atoms with Crippen LogP contribution < -0.4 is 4.72 Å². The van der Waals surface area contributed by atoms with Gasteiger partial charge in [-0.1, -0.05) is 42.0 Å². The van der Waals surface area contributed by atoms with Crippen molar-refractivity contribution < 1.29 is 27.1 Å². The molecule has 4 rings (SSSR count). The summed E-state index contributed by atoms with van der Waals surface area (Å²) in [7, 11) is -2.37. The molecule has 4 atom stereocenters. The molecule has 2 fully saturated rings. The van der Waals surface area contributed by atoms with Crippen LogP contribution in [0.5, 0.6) is 0 Å². The van der Waals surface area contributed by atoms with Gasteiger partial charge < -0.3 is 9.47 Å². The quantitative estimate of drug-likeness (QED) is 0.296. The molecule has 8 heteroatoms. The van der Waals surface area contributed by atoms with E-state index in [0.717, 1.165) is 17.5 Å². The molecular weight excluding hydrogens is 469 g/mol. The van der Waals surface area contributed by atoms with Gasteiger partial charge in [-0.25, -0.2) is 17.5 Å². The van der Waals surface area contributed by atoms with Gasteiger partial charge in [-0.05, 0) is 68.4 Å². The predicted molar refractivity (Wildman–Crippen MR) is 131 cm³/mol. The van der Waals surface area contributed by atoms with Crippen molar-refractivity contribution in [3.05, 3.63) is 77.6 Å². The Morgan fingerprint density at radius 1 is 1.17 bits per heavy atom. The molecule has 0 radical (unpaired) electrons. The molecular formula is C27H32FNO5S. The van der Waals surface area contributed by atoms with Crippen molar-refractivity contribution in [2.75, 3.05) is 13.7 Å². The number of allylic oxidation sites excluding steroid dienone is 2. The third-order valence-corrected chi connectivity index (χ3v) is 8.72. The fourth-order valence-corrected chi connectivity index (χ4v) is 6.65. The van der Waals surface area contributed by atoms with Crippen molar-refractivity contribution in [3.8, 4) is 0 Å². The number of carbonyl (C=O) groups excluding carboxylic acids is 1. The topological polar surface area (TPSA) is 81.7 Å². The Balaban J connectivity index is 1.56. The fraction of sp³-hybridized carbons (Fsp3) is 0.444. The molecule has 188 valence electrons. The molecule has 2 aromatic carbocycles. The first-order valence-electron chi connectivity index (χ1n) is 11.9. The first-order chi connectivity index (χ1) is 16.7. The summed E-state index contributed by atoms with van der Waals surface area (Å²) in [6.07, 6.45) is 6.89. The van der Waals surface area contributed by atoms with Gasteiger partial charge in [0.2, 0.25) is 10.0 Å². The van der Waals surface area contributed by atoms with E-state index < -0.39 is 21.5 Å². The number of esters is 1. The van der Waals surface area contributed by atoms with Crippen molar-refractivity contribution >= 4 is 16.0 Å². The van der Waals surface area contributed by atoms with Gasteiger partial charge in [0.15, 0.2) is 0 Å². The van der Waals surface area contributed by atoms with Crippen LogP contribution in [0.25, 0.3) is 0 Å². The van der Waals surface area contributed by atoms with E-state index >= 15 is 0 Å². The minimum Gasteiger partial charge on any atom is -0.469 e. The number of nitrogens with one attached hydrogen (secondary N) is 1. The van der Waals surface area contributed by atoms with E-state index in [1.54, 1.807) is 36.4 Å². The SMILES string of the molecule is COC(=O)CCCC=CC[C@@H]1[C@@H](NS(=O)(=O)c2ccc(C)cc2)[C@@H]2C[C@]1(c1ccc(F)cc1)CO2. The van der Waals surface area contributed by atoms with Gasteiger partial charge in [0, 0.05) is 11.8 Å². The zero-order valence-electron chi connectivity index (χ0n) is 20.1. The number of benzene rings is 2. The van der Waals surface area contributed by atoms with E-state index in [1.807, 2.05) is 13.0 Å². The second kappa shape index (κ2) is 10.6. The number of aryl methyl sites for hydroxylation is 1. The van der Waals surface area contributed by atoms with Gasteiger partial charge in [-0.15, -0.1) is 0 Å². The number of ether oxygens (including phenoxy) is 2. The van der Waals surface area contributed by atoms with Crippen LogP contribution in [0.1, 0.15) is 43.2 Å². The highest BCUT2D eigenvalue weighted by Gasteiger charge is 2.60. The minimum atomic E-state index is -3.75. The van der Waals surface area contributed by atoms with Crippen LogP contribution in [-0.4, -0.2) is 40.2 Å². The molecule has 0 aromatic heterocycles. The predicted octanol–water partition coefficient (Wildman–Crippen LogP) is 4.43. The summed E-state index contributed by atoms with van der Waals surface area (Å²) in [6.45, 7) is 2.38. The Hall–Kier alpha value is -2.55. The van der Waals surface area contributed by atoms with Gasteiger partial charge in [-0.2, -0.15) is 0 Å². The zero-order chi connectivity index (χ0) is 25.1.